The Kier molecular flexibility index (Phi) is 5.06. The molecule has 2 rings (SSSR count). The normalized spacial score (nSPS) is 12.3. The largest absolute Gasteiger partial charge is 0.480 e. The van der Waals surface area contributed by atoms with E-state index in [4.69, 9.17) is 0 Å². The van der Waals surface area contributed by atoms with Crippen LogP contribution in [0.5, 0.6) is 0 Å². The number of benzene rings is 2. The summed E-state index contributed by atoms with van der Waals surface area (Å²) < 4.78 is 13.9. The second kappa shape index (κ2) is 6.99. The number of likely N-dealkylation sites (N-methyl/N-ethyl adjacent to an activating group) is 1. The molecule has 110 valence electrons. The summed E-state index contributed by atoms with van der Waals surface area (Å²) in [6.07, 6.45) is 0. The Balaban J connectivity index is 2.31. The van der Waals surface area contributed by atoms with E-state index in [-0.39, 0.29) is 5.56 Å². The van der Waals surface area contributed by atoms with Crippen molar-refractivity contribution in [1.29, 1.82) is 0 Å². The molecule has 0 saturated heterocycles. The Bertz CT molecular complexity index is 601. The topological polar surface area (TPSA) is 40.5 Å². The number of rotatable bonds is 6. The molecule has 1 atom stereocenters. The van der Waals surface area contributed by atoms with Gasteiger partial charge in [-0.15, -0.1) is 0 Å². The van der Waals surface area contributed by atoms with E-state index in [0.717, 1.165) is 5.56 Å². The molecule has 2 aromatic carbocycles. The van der Waals surface area contributed by atoms with Crippen LogP contribution >= 0.6 is 0 Å². The summed E-state index contributed by atoms with van der Waals surface area (Å²) in [7, 11) is 0. The number of aliphatic carboxylic acids is 1. The maximum atomic E-state index is 13.9. The molecule has 0 aliphatic rings. The van der Waals surface area contributed by atoms with Crippen LogP contribution in [0.2, 0.25) is 0 Å². The Morgan fingerprint density at radius 3 is 2.33 bits per heavy atom. The van der Waals surface area contributed by atoms with E-state index >= 15 is 0 Å². The highest BCUT2D eigenvalue weighted by Gasteiger charge is 2.28. The van der Waals surface area contributed by atoms with E-state index < -0.39 is 17.8 Å². The van der Waals surface area contributed by atoms with Gasteiger partial charge in [0.05, 0.1) is 0 Å². The first-order valence-corrected chi connectivity index (χ1v) is 6.88. The molecule has 0 aliphatic carbocycles. The highest BCUT2D eigenvalue weighted by atomic mass is 19.1. The molecule has 0 amide bonds. The molecule has 0 heterocycles. The quantitative estimate of drug-likeness (QED) is 0.884. The lowest BCUT2D eigenvalue weighted by atomic mass is 10.0. The SMILES string of the molecule is CCN(Cc1ccccc1)C(C(=O)O)c1ccccc1F. The predicted molar refractivity (Wildman–Crippen MR) is 79.3 cm³/mol. The molecule has 3 nitrogen and oxygen atoms in total. The zero-order valence-electron chi connectivity index (χ0n) is 11.9. The lowest BCUT2D eigenvalue weighted by Crippen LogP contribution is -2.34. The van der Waals surface area contributed by atoms with Gasteiger partial charge in [0.1, 0.15) is 11.9 Å². The molecule has 21 heavy (non-hydrogen) atoms. The van der Waals surface area contributed by atoms with Gasteiger partial charge in [0.2, 0.25) is 0 Å². The first kappa shape index (κ1) is 15.2. The first-order chi connectivity index (χ1) is 10.1. The van der Waals surface area contributed by atoms with Crippen molar-refractivity contribution in [3.05, 3.63) is 71.5 Å². The third-order valence-electron chi connectivity index (χ3n) is 3.43. The van der Waals surface area contributed by atoms with E-state index in [2.05, 4.69) is 0 Å². The van der Waals surface area contributed by atoms with Crippen molar-refractivity contribution in [2.75, 3.05) is 6.54 Å². The van der Waals surface area contributed by atoms with E-state index in [1.807, 2.05) is 37.3 Å². The maximum Gasteiger partial charge on any atom is 0.325 e. The van der Waals surface area contributed by atoms with E-state index in [1.165, 1.54) is 12.1 Å². The number of hydrogen-bond donors (Lipinski definition) is 1. The highest BCUT2D eigenvalue weighted by molar-refractivity contribution is 5.75. The van der Waals surface area contributed by atoms with Gasteiger partial charge < -0.3 is 5.11 Å². The van der Waals surface area contributed by atoms with Crippen LogP contribution in [0.15, 0.2) is 54.6 Å². The number of carbonyl (C=O) groups is 1. The fourth-order valence-electron chi connectivity index (χ4n) is 2.39. The summed E-state index contributed by atoms with van der Waals surface area (Å²) in [5.74, 6) is -1.53. The Morgan fingerprint density at radius 1 is 1.14 bits per heavy atom. The molecule has 0 aliphatic heterocycles. The van der Waals surface area contributed by atoms with Crippen molar-refractivity contribution in [1.82, 2.24) is 4.90 Å². The molecule has 4 heteroatoms. The van der Waals surface area contributed by atoms with Crippen LogP contribution < -0.4 is 0 Å². The molecule has 0 aromatic heterocycles. The smallest absolute Gasteiger partial charge is 0.325 e. The number of carboxylic acid groups (broad SMARTS) is 1. The van der Waals surface area contributed by atoms with Crippen molar-refractivity contribution in [2.45, 2.75) is 19.5 Å². The minimum atomic E-state index is -1.04. The molecule has 0 radical (unpaired) electrons. The monoisotopic (exact) mass is 287 g/mol. The molecule has 2 aromatic rings. The third-order valence-corrected chi connectivity index (χ3v) is 3.43. The Labute approximate surface area is 123 Å². The fourth-order valence-corrected chi connectivity index (χ4v) is 2.39. The van der Waals surface area contributed by atoms with Crippen LogP contribution in [0.1, 0.15) is 24.1 Å². The number of hydrogen-bond acceptors (Lipinski definition) is 2. The standard InChI is InChI=1S/C17H18FNO2/c1-2-19(12-13-8-4-3-5-9-13)16(17(20)21)14-10-6-7-11-15(14)18/h3-11,16H,2,12H2,1H3,(H,20,21). The minimum absolute atomic E-state index is 0.197. The summed E-state index contributed by atoms with van der Waals surface area (Å²) in [5, 5.41) is 9.52. The van der Waals surface area contributed by atoms with Crippen molar-refractivity contribution < 1.29 is 14.3 Å². The minimum Gasteiger partial charge on any atom is -0.480 e. The summed E-state index contributed by atoms with van der Waals surface area (Å²) in [5.41, 5.74) is 1.20. The highest BCUT2D eigenvalue weighted by Crippen LogP contribution is 2.25. The molecule has 0 spiro atoms. The fraction of sp³-hybridized carbons (Fsp3) is 0.235. The van der Waals surface area contributed by atoms with Crippen molar-refractivity contribution >= 4 is 5.97 Å². The van der Waals surface area contributed by atoms with E-state index in [1.54, 1.807) is 17.0 Å². The summed E-state index contributed by atoms with van der Waals surface area (Å²) in [6.45, 7) is 2.85. The van der Waals surface area contributed by atoms with Crippen molar-refractivity contribution in [3.63, 3.8) is 0 Å². The molecule has 0 bridgehead atoms. The lowest BCUT2D eigenvalue weighted by Gasteiger charge is -2.28. The average molecular weight is 287 g/mol. The van der Waals surface area contributed by atoms with Crippen LogP contribution in [0, 0.1) is 5.82 Å². The second-order valence-electron chi connectivity index (χ2n) is 4.81. The van der Waals surface area contributed by atoms with Gasteiger partial charge in [0.15, 0.2) is 0 Å². The van der Waals surface area contributed by atoms with Crippen LogP contribution in [-0.4, -0.2) is 22.5 Å². The molecule has 0 saturated carbocycles. The zero-order valence-corrected chi connectivity index (χ0v) is 11.9. The summed E-state index contributed by atoms with van der Waals surface area (Å²) in [4.78, 5) is 13.4. The summed E-state index contributed by atoms with van der Waals surface area (Å²) >= 11 is 0. The van der Waals surface area contributed by atoms with E-state index in [9.17, 15) is 14.3 Å². The van der Waals surface area contributed by atoms with Crippen LogP contribution in [0.3, 0.4) is 0 Å². The van der Waals surface area contributed by atoms with Crippen LogP contribution in [-0.2, 0) is 11.3 Å². The van der Waals surface area contributed by atoms with Crippen LogP contribution in [0.4, 0.5) is 4.39 Å². The summed E-state index contributed by atoms with van der Waals surface area (Å²) in [6, 6.07) is 14.6. The number of carboxylic acids is 1. The average Bonchev–Trinajstić information content (AvgIpc) is 2.49. The van der Waals surface area contributed by atoms with Crippen molar-refractivity contribution in [3.8, 4) is 0 Å². The molecular formula is C17H18FNO2. The van der Waals surface area contributed by atoms with Crippen molar-refractivity contribution in [2.24, 2.45) is 0 Å². The van der Waals surface area contributed by atoms with Gasteiger partial charge >= 0.3 is 5.97 Å². The molecule has 1 unspecified atom stereocenters. The molecular weight excluding hydrogens is 269 g/mol. The van der Waals surface area contributed by atoms with Gasteiger partial charge in [-0.25, -0.2) is 4.39 Å². The zero-order chi connectivity index (χ0) is 15.2. The van der Waals surface area contributed by atoms with Gasteiger partial charge in [-0.3, -0.25) is 9.69 Å². The molecule has 0 fully saturated rings. The maximum absolute atomic E-state index is 13.9. The van der Waals surface area contributed by atoms with Gasteiger partial charge in [-0.1, -0.05) is 55.5 Å². The van der Waals surface area contributed by atoms with Gasteiger partial charge in [0.25, 0.3) is 0 Å². The van der Waals surface area contributed by atoms with Gasteiger partial charge in [-0.05, 0) is 18.2 Å². The molecule has 1 N–H and O–H groups in total. The second-order valence-corrected chi connectivity index (χ2v) is 4.81. The number of nitrogens with zero attached hydrogens (tertiary/aromatic N) is 1. The first-order valence-electron chi connectivity index (χ1n) is 6.88. The Morgan fingerprint density at radius 2 is 1.76 bits per heavy atom. The Hall–Kier alpha value is -2.20. The van der Waals surface area contributed by atoms with Crippen LogP contribution in [0.25, 0.3) is 0 Å². The van der Waals surface area contributed by atoms with Gasteiger partial charge in [0, 0.05) is 12.1 Å². The third kappa shape index (κ3) is 3.67. The van der Waals surface area contributed by atoms with E-state index in [0.29, 0.717) is 13.1 Å². The predicted octanol–water partition coefficient (Wildman–Crippen LogP) is 3.47. The van der Waals surface area contributed by atoms with Gasteiger partial charge in [-0.2, -0.15) is 0 Å². The lowest BCUT2D eigenvalue weighted by molar-refractivity contribution is -0.144. The number of halogens is 1.